The molecule has 1 atom stereocenters. The predicted octanol–water partition coefficient (Wildman–Crippen LogP) is 2.28. The molecule has 154 valence electrons. The summed E-state index contributed by atoms with van der Waals surface area (Å²) in [5, 5.41) is 18.1. The number of aryl methyl sites for hydroxylation is 2. The van der Waals surface area contributed by atoms with Crippen LogP contribution in [0.5, 0.6) is 0 Å². The van der Waals surface area contributed by atoms with E-state index in [1.54, 1.807) is 11.6 Å². The van der Waals surface area contributed by atoms with E-state index in [9.17, 15) is 9.59 Å². The zero-order valence-corrected chi connectivity index (χ0v) is 17.7. The first-order valence-electron chi connectivity index (χ1n) is 9.41. The molecule has 2 amide bonds. The number of carbonyl (C=O) groups is 2. The number of carbonyl (C=O) groups excluding carboxylic acids is 2. The zero-order valence-electron chi connectivity index (χ0n) is 16.9. The molecule has 1 aromatic carbocycles. The summed E-state index contributed by atoms with van der Waals surface area (Å²) in [5.41, 5.74) is 3.97. The van der Waals surface area contributed by atoms with Gasteiger partial charge in [0, 0.05) is 11.4 Å². The Hall–Kier alpha value is -2.88. The van der Waals surface area contributed by atoms with Gasteiger partial charge in [-0.05, 0) is 54.8 Å². The second-order valence-electron chi connectivity index (χ2n) is 6.62. The van der Waals surface area contributed by atoms with Crippen LogP contribution in [0.3, 0.4) is 0 Å². The predicted molar refractivity (Wildman–Crippen MR) is 109 cm³/mol. The number of ether oxygens (including phenoxy) is 1. The van der Waals surface area contributed by atoms with E-state index in [-0.39, 0.29) is 12.6 Å². The number of benzene rings is 1. The number of nitrogens with zero attached hydrogens (tertiary/aromatic N) is 4. The van der Waals surface area contributed by atoms with E-state index in [0.29, 0.717) is 28.6 Å². The SMILES string of the molecule is CCOC(=O)C1=C(CSc2nnnn2-c2cc(C)ccc2C)NC(=O)N[C@@H]1CC. The van der Waals surface area contributed by atoms with Crippen molar-refractivity contribution in [2.24, 2.45) is 0 Å². The molecule has 1 aliphatic heterocycles. The highest BCUT2D eigenvalue weighted by Crippen LogP contribution is 2.26. The van der Waals surface area contributed by atoms with Crippen LogP contribution in [0.25, 0.3) is 5.69 Å². The Labute approximate surface area is 173 Å². The molecule has 0 saturated heterocycles. The fraction of sp³-hybridized carbons (Fsp3) is 0.421. The molecule has 2 N–H and O–H groups in total. The Morgan fingerprint density at radius 1 is 1.31 bits per heavy atom. The third-order valence-corrected chi connectivity index (χ3v) is 5.47. The largest absolute Gasteiger partial charge is 0.463 e. The average molecular weight is 417 g/mol. The molecular weight excluding hydrogens is 392 g/mol. The van der Waals surface area contributed by atoms with Gasteiger partial charge in [-0.2, -0.15) is 4.68 Å². The highest BCUT2D eigenvalue weighted by molar-refractivity contribution is 7.99. The smallest absolute Gasteiger partial charge is 0.337 e. The quantitative estimate of drug-likeness (QED) is 0.526. The standard InChI is InChI=1S/C19H24N6O3S/c1-5-13-16(17(26)28-6-2)14(21-18(27)20-13)10-29-19-22-23-24-25(19)15-9-11(3)7-8-12(15)4/h7-9,13H,5-6,10H2,1-4H3,(H2,20,21,27)/t13-/m1/s1. The minimum absolute atomic E-state index is 0.262. The van der Waals surface area contributed by atoms with E-state index in [2.05, 4.69) is 26.2 Å². The number of tetrazole rings is 1. The molecule has 1 aliphatic rings. The maximum atomic E-state index is 12.5. The van der Waals surface area contributed by atoms with Gasteiger partial charge in [0.25, 0.3) is 0 Å². The summed E-state index contributed by atoms with van der Waals surface area (Å²) in [6.07, 6.45) is 0.579. The summed E-state index contributed by atoms with van der Waals surface area (Å²) >= 11 is 1.34. The van der Waals surface area contributed by atoms with Crippen LogP contribution >= 0.6 is 11.8 Å². The molecule has 1 aromatic heterocycles. The van der Waals surface area contributed by atoms with Gasteiger partial charge in [-0.1, -0.05) is 30.8 Å². The topological polar surface area (TPSA) is 111 Å². The summed E-state index contributed by atoms with van der Waals surface area (Å²) in [6, 6.07) is 5.32. The van der Waals surface area contributed by atoms with Gasteiger partial charge < -0.3 is 15.4 Å². The summed E-state index contributed by atoms with van der Waals surface area (Å²) in [4.78, 5) is 24.5. The van der Waals surface area contributed by atoms with Crippen LogP contribution in [0.1, 0.15) is 31.4 Å². The van der Waals surface area contributed by atoms with E-state index >= 15 is 0 Å². The number of aromatic nitrogens is 4. The first kappa shape index (κ1) is 20.8. The van der Waals surface area contributed by atoms with Crippen molar-refractivity contribution < 1.29 is 14.3 Å². The van der Waals surface area contributed by atoms with Gasteiger partial charge in [0.15, 0.2) is 0 Å². The van der Waals surface area contributed by atoms with Crippen LogP contribution in [-0.2, 0) is 9.53 Å². The Balaban J connectivity index is 1.89. The minimum Gasteiger partial charge on any atom is -0.463 e. The molecule has 2 aromatic rings. The Morgan fingerprint density at radius 2 is 2.10 bits per heavy atom. The van der Waals surface area contributed by atoms with Gasteiger partial charge in [-0.15, -0.1) is 5.10 Å². The maximum absolute atomic E-state index is 12.5. The van der Waals surface area contributed by atoms with E-state index in [1.807, 2.05) is 39.0 Å². The molecule has 0 unspecified atom stereocenters. The molecular formula is C19H24N6O3S. The molecule has 2 heterocycles. The van der Waals surface area contributed by atoms with Crippen LogP contribution in [0.15, 0.2) is 34.6 Å². The maximum Gasteiger partial charge on any atom is 0.337 e. The van der Waals surface area contributed by atoms with Gasteiger partial charge >= 0.3 is 12.0 Å². The lowest BCUT2D eigenvalue weighted by atomic mass is 10.0. The normalized spacial score (nSPS) is 16.4. The molecule has 0 radical (unpaired) electrons. The zero-order chi connectivity index (χ0) is 21.0. The van der Waals surface area contributed by atoms with Crippen LogP contribution in [0.2, 0.25) is 0 Å². The lowest BCUT2D eigenvalue weighted by Crippen LogP contribution is -2.50. The van der Waals surface area contributed by atoms with Crippen molar-refractivity contribution in [1.82, 2.24) is 30.8 Å². The number of rotatable bonds is 7. The van der Waals surface area contributed by atoms with Crippen LogP contribution in [-0.4, -0.2) is 50.6 Å². The monoisotopic (exact) mass is 416 g/mol. The first-order chi connectivity index (χ1) is 13.9. The first-order valence-corrected chi connectivity index (χ1v) is 10.4. The second kappa shape index (κ2) is 9.08. The van der Waals surface area contributed by atoms with Gasteiger partial charge in [0.1, 0.15) is 0 Å². The van der Waals surface area contributed by atoms with Crippen molar-refractivity contribution >= 4 is 23.8 Å². The van der Waals surface area contributed by atoms with E-state index in [0.717, 1.165) is 16.8 Å². The number of hydrogen-bond donors (Lipinski definition) is 2. The number of nitrogens with one attached hydrogen (secondary N) is 2. The van der Waals surface area contributed by atoms with Crippen molar-refractivity contribution in [2.75, 3.05) is 12.4 Å². The molecule has 29 heavy (non-hydrogen) atoms. The second-order valence-corrected chi connectivity index (χ2v) is 7.57. The number of amides is 2. The van der Waals surface area contributed by atoms with Crippen molar-refractivity contribution in [3.63, 3.8) is 0 Å². The average Bonchev–Trinajstić information content (AvgIpc) is 3.16. The van der Waals surface area contributed by atoms with Gasteiger partial charge in [0.2, 0.25) is 5.16 Å². The van der Waals surface area contributed by atoms with E-state index in [4.69, 9.17) is 4.74 Å². The van der Waals surface area contributed by atoms with Crippen LogP contribution in [0.4, 0.5) is 4.79 Å². The highest BCUT2D eigenvalue weighted by atomic mass is 32.2. The van der Waals surface area contributed by atoms with E-state index < -0.39 is 12.0 Å². The van der Waals surface area contributed by atoms with E-state index in [1.165, 1.54) is 11.8 Å². The Morgan fingerprint density at radius 3 is 2.83 bits per heavy atom. The Kier molecular flexibility index (Phi) is 6.53. The molecule has 10 heteroatoms. The van der Waals surface area contributed by atoms with Crippen molar-refractivity contribution in [3.05, 3.63) is 40.6 Å². The van der Waals surface area contributed by atoms with Gasteiger partial charge in [0.05, 0.1) is 23.9 Å². The molecule has 0 aliphatic carbocycles. The fourth-order valence-electron chi connectivity index (χ4n) is 3.08. The highest BCUT2D eigenvalue weighted by Gasteiger charge is 2.31. The fourth-order valence-corrected chi connectivity index (χ4v) is 3.93. The lowest BCUT2D eigenvalue weighted by molar-refractivity contribution is -0.139. The molecule has 0 saturated carbocycles. The molecule has 0 fully saturated rings. The number of hydrogen-bond acceptors (Lipinski definition) is 7. The van der Waals surface area contributed by atoms with Crippen molar-refractivity contribution in [1.29, 1.82) is 0 Å². The summed E-state index contributed by atoms with van der Waals surface area (Å²) in [6.45, 7) is 7.91. The van der Waals surface area contributed by atoms with Crippen LogP contribution < -0.4 is 10.6 Å². The number of urea groups is 1. The van der Waals surface area contributed by atoms with Crippen LogP contribution in [0, 0.1) is 13.8 Å². The molecule has 3 rings (SSSR count). The molecule has 0 spiro atoms. The summed E-state index contributed by atoms with van der Waals surface area (Å²) in [5.74, 6) is -0.111. The molecule has 9 nitrogen and oxygen atoms in total. The number of esters is 1. The summed E-state index contributed by atoms with van der Waals surface area (Å²) < 4.78 is 6.86. The van der Waals surface area contributed by atoms with Gasteiger partial charge in [-0.25, -0.2) is 9.59 Å². The lowest BCUT2D eigenvalue weighted by Gasteiger charge is -2.28. The summed E-state index contributed by atoms with van der Waals surface area (Å²) in [7, 11) is 0. The Bertz CT molecular complexity index is 955. The molecule has 0 bridgehead atoms. The number of thioether (sulfide) groups is 1. The van der Waals surface area contributed by atoms with Gasteiger partial charge in [-0.3, -0.25) is 0 Å². The third kappa shape index (κ3) is 4.58. The minimum atomic E-state index is -0.434. The van der Waals surface area contributed by atoms with Crippen molar-refractivity contribution in [2.45, 2.75) is 45.3 Å². The van der Waals surface area contributed by atoms with Crippen molar-refractivity contribution in [3.8, 4) is 5.69 Å². The third-order valence-electron chi connectivity index (χ3n) is 4.53.